The van der Waals surface area contributed by atoms with Crippen LogP contribution in [0.4, 0.5) is 0 Å². The molecule has 1 fully saturated rings. The highest BCUT2D eigenvalue weighted by Gasteiger charge is 2.40. The van der Waals surface area contributed by atoms with Crippen molar-refractivity contribution in [2.45, 2.75) is 37.3 Å². The average molecular weight is 298 g/mol. The number of carboxylic acids is 1. The van der Waals surface area contributed by atoms with Crippen LogP contribution >= 0.6 is 0 Å². The van der Waals surface area contributed by atoms with Gasteiger partial charge in [0.2, 0.25) is 10.0 Å². The molecular weight excluding hydrogens is 282 g/mol. The summed E-state index contributed by atoms with van der Waals surface area (Å²) in [5.41, 5.74) is 1.75. The van der Waals surface area contributed by atoms with Gasteiger partial charge in [-0.25, -0.2) is 8.42 Å². The van der Waals surface area contributed by atoms with E-state index in [1.807, 2.05) is 6.92 Å². The third-order valence-electron chi connectivity index (χ3n) is 3.59. The minimum absolute atomic E-state index is 0.0287. The molecule has 2 rings (SSSR count). The van der Waals surface area contributed by atoms with Gasteiger partial charge in [-0.2, -0.15) is 4.31 Å². The van der Waals surface area contributed by atoms with Crippen molar-refractivity contribution >= 4 is 16.0 Å². The highest BCUT2D eigenvalue weighted by molar-refractivity contribution is 7.89. The lowest BCUT2D eigenvalue weighted by molar-refractivity contribution is -0.309. The summed E-state index contributed by atoms with van der Waals surface area (Å²) in [6, 6.07) is 3.29. The fourth-order valence-electron chi connectivity index (χ4n) is 2.27. The van der Waals surface area contributed by atoms with E-state index in [9.17, 15) is 23.4 Å². The van der Waals surface area contributed by atoms with E-state index in [1.165, 1.54) is 12.1 Å². The van der Waals surface area contributed by atoms with Crippen LogP contribution in [-0.2, 0) is 14.8 Å². The van der Waals surface area contributed by atoms with E-state index in [4.69, 9.17) is 0 Å². The molecule has 1 aliphatic heterocycles. The number of aryl methyl sites for hydroxylation is 2. The predicted octanol–water partition coefficient (Wildman–Crippen LogP) is -0.823. The zero-order valence-corrected chi connectivity index (χ0v) is 12.1. The van der Waals surface area contributed by atoms with Crippen LogP contribution in [0.2, 0.25) is 0 Å². The zero-order chi connectivity index (χ0) is 15.1. The number of aliphatic hydroxyl groups is 1. The monoisotopic (exact) mass is 298 g/mol. The molecule has 1 heterocycles. The first kappa shape index (κ1) is 15.0. The van der Waals surface area contributed by atoms with Crippen LogP contribution in [0, 0.1) is 13.8 Å². The molecular formula is C13H16NO5S-. The van der Waals surface area contributed by atoms with Gasteiger partial charge in [0.25, 0.3) is 0 Å². The van der Waals surface area contributed by atoms with Gasteiger partial charge in [-0.3, -0.25) is 0 Å². The smallest absolute Gasteiger partial charge is 0.243 e. The Balaban J connectivity index is 2.43. The minimum atomic E-state index is -3.95. The second-order valence-corrected chi connectivity index (χ2v) is 6.94. The molecule has 0 radical (unpaired) electrons. The standard InChI is InChI=1S/C13H17NO5S/c1-8-3-4-11(5-9(8)2)20(18,19)14-7-10(15)6-12(14)13(16)17/h3-5,10,12,15H,6-7H2,1-2H3,(H,16,17)/p-1/t10-,12+/m1/s1. The highest BCUT2D eigenvalue weighted by atomic mass is 32.2. The van der Waals surface area contributed by atoms with Crippen LogP contribution in [0.5, 0.6) is 0 Å². The van der Waals surface area contributed by atoms with E-state index in [0.717, 1.165) is 15.4 Å². The quantitative estimate of drug-likeness (QED) is 0.786. The lowest BCUT2D eigenvalue weighted by atomic mass is 10.1. The number of carbonyl (C=O) groups is 1. The Morgan fingerprint density at radius 3 is 2.55 bits per heavy atom. The number of aliphatic hydroxyl groups excluding tert-OH is 1. The Morgan fingerprint density at radius 1 is 1.35 bits per heavy atom. The number of nitrogens with zero attached hydrogens (tertiary/aromatic N) is 1. The first-order chi connectivity index (χ1) is 9.23. The van der Waals surface area contributed by atoms with Crippen molar-refractivity contribution in [2.75, 3.05) is 6.54 Å². The Hall–Kier alpha value is -1.44. The van der Waals surface area contributed by atoms with E-state index in [2.05, 4.69) is 0 Å². The van der Waals surface area contributed by atoms with Gasteiger partial charge in [0, 0.05) is 6.54 Å². The van der Waals surface area contributed by atoms with E-state index in [-0.39, 0.29) is 17.9 Å². The van der Waals surface area contributed by atoms with Gasteiger partial charge in [0.05, 0.1) is 23.0 Å². The first-order valence-corrected chi connectivity index (χ1v) is 7.65. The second kappa shape index (κ2) is 5.16. The summed E-state index contributed by atoms with van der Waals surface area (Å²) in [5, 5.41) is 20.6. The maximum atomic E-state index is 12.5. The number of carbonyl (C=O) groups excluding carboxylic acids is 1. The number of hydrogen-bond donors (Lipinski definition) is 1. The molecule has 0 unspecified atom stereocenters. The van der Waals surface area contributed by atoms with E-state index < -0.39 is 28.1 Å². The van der Waals surface area contributed by atoms with Crippen molar-refractivity contribution in [3.8, 4) is 0 Å². The molecule has 110 valence electrons. The number of benzene rings is 1. The van der Waals surface area contributed by atoms with E-state index in [1.54, 1.807) is 13.0 Å². The van der Waals surface area contributed by atoms with Gasteiger partial charge in [0.1, 0.15) is 0 Å². The molecule has 1 aliphatic rings. The van der Waals surface area contributed by atoms with Crippen LogP contribution in [-0.4, -0.2) is 42.5 Å². The van der Waals surface area contributed by atoms with Crippen LogP contribution in [0.3, 0.4) is 0 Å². The average Bonchev–Trinajstić information content (AvgIpc) is 2.75. The molecule has 0 aromatic heterocycles. The second-order valence-electron chi connectivity index (χ2n) is 5.05. The van der Waals surface area contributed by atoms with Crippen molar-refractivity contribution in [1.29, 1.82) is 0 Å². The summed E-state index contributed by atoms with van der Waals surface area (Å²) >= 11 is 0. The molecule has 1 saturated heterocycles. The van der Waals surface area contributed by atoms with Gasteiger partial charge in [0.15, 0.2) is 0 Å². The molecule has 2 atom stereocenters. The van der Waals surface area contributed by atoms with Crippen LogP contribution in [0.15, 0.2) is 23.1 Å². The minimum Gasteiger partial charge on any atom is -0.548 e. The number of aliphatic carboxylic acids is 1. The molecule has 0 aliphatic carbocycles. The summed E-state index contributed by atoms with van der Waals surface area (Å²) in [7, 11) is -3.95. The van der Waals surface area contributed by atoms with Gasteiger partial charge < -0.3 is 15.0 Å². The third-order valence-corrected chi connectivity index (χ3v) is 5.46. The summed E-state index contributed by atoms with van der Waals surface area (Å²) in [6.45, 7) is 3.41. The fourth-order valence-corrected chi connectivity index (χ4v) is 3.99. The Labute approximate surface area is 117 Å². The van der Waals surface area contributed by atoms with Gasteiger partial charge >= 0.3 is 0 Å². The normalized spacial score (nSPS) is 23.9. The van der Waals surface area contributed by atoms with Crippen molar-refractivity contribution in [3.63, 3.8) is 0 Å². The molecule has 1 aromatic carbocycles. The summed E-state index contributed by atoms with van der Waals surface area (Å²) < 4.78 is 25.8. The lowest BCUT2D eigenvalue weighted by Gasteiger charge is -2.24. The van der Waals surface area contributed by atoms with Gasteiger partial charge in [-0.1, -0.05) is 6.07 Å². The maximum Gasteiger partial charge on any atom is 0.243 e. The van der Waals surface area contributed by atoms with Crippen molar-refractivity contribution < 1.29 is 23.4 Å². The first-order valence-electron chi connectivity index (χ1n) is 6.21. The van der Waals surface area contributed by atoms with Crippen molar-refractivity contribution in [1.82, 2.24) is 4.31 Å². The largest absolute Gasteiger partial charge is 0.548 e. The molecule has 1 aromatic rings. The number of carboxylic acid groups (broad SMARTS) is 1. The summed E-state index contributed by atoms with van der Waals surface area (Å²) in [4.78, 5) is 11.1. The number of sulfonamides is 1. The maximum absolute atomic E-state index is 12.5. The zero-order valence-electron chi connectivity index (χ0n) is 11.2. The Morgan fingerprint density at radius 2 is 2.00 bits per heavy atom. The molecule has 20 heavy (non-hydrogen) atoms. The number of β-amino-alcohol motifs (C(OH)–C–C–N with tert-alkyl or cyclic N) is 1. The molecule has 0 saturated carbocycles. The number of rotatable bonds is 3. The molecule has 6 nitrogen and oxygen atoms in total. The molecule has 1 N–H and O–H groups in total. The highest BCUT2D eigenvalue weighted by Crippen LogP contribution is 2.27. The third kappa shape index (κ3) is 2.56. The van der Waals surface area contributed by atoms with E-state index in [0.29, 0.717) is 0 Å². The van der Waals surface area contributed by atoms with Crippen molar-refractivity contribution in [3.05, 3.63) is 29.3 Å². The fraction of sp³-hybridized carbons (Fsp3) is 0.462. The molecule has 7 heteroatoms. The van der Waals surface area contributed by atoms with Gasteiger partial charge in [-0.05, 0) is 43.5 Å². The van der Waals surface area contributed by atoms with Crippen LogP contribution in [0.25, 0.3) is 0 Å². The van der Waals surface area contributed by atoms with Crippen LogP contribution < -0.4 is 5.11 Å². The molecule has 0 amide bonds. The topological polar surface area (TPSA) is 97.7 Å². The Kier molecular flexibility index (Phi) is 3.86. The van der Waals surface area contributed by atoms with Gasteiger partial charge in [-0.15, -0.1) is 0 Å². The Bertz CT molecular complexity index is 640. The predicted molar refractivity (Wildman–Crippen MR) is 69.2 cm³/mol. The molecule has 0 spiro atoms. The van der Waals surface area contributed by atoms with Crippen LogP contribution in [0.1, 0.15) is 17.5 Å². The van der Waals surface area contributed by atoms with E-state index >= 15 is 0 Å². The summed E-state index contributed by atoms with van der Waals surface area (Å²) in [5.74, 6) is -1.49. The SMILES string of the molecule is Cc1ccc(S(=O)(=O)N2C[C@H](O)C[C@H]2C(=O)[O-])cc1C. The summed E-state index contributed by atoms with van der Waals surface area (Å²) in [6.07, 6.45) is -1.13. The lowest BCUT2D eigenvalue weighted by Crippen LogP contribution is -2.46. The molecule has 0 bridgehead atoms. The van der Waals surface area contributed by atoms with Crippen molar-refractivity contribution in [2.24, 2.45) is 0 Å². The number of hydrogen-bond acceptors (Lipinski definition) is 5.